The lowest BCUT2D eigenvalue weighted by molar-refractivity contribution is -0.140. The zero-order chi connectivity index (χ0) is 20.8. The Morgan fingerprint density at radius 1 is 1.24 bits per heavy atom. The minimum absolute atomic E-state index is 0.0380. The largest absolute Gasteiger partial charge is 0.469 e. The second-order valence-corrected chi connectivity index (χ2v) is 7.25. The van der Waals surface area contributed by atoms with Crippen molar-refractivity contribution in [3.8, 4) is 0 Å². The number of amides is 1. The van der Waals surface area contributed by atoms with E-state index in [1.807, 2.05) is 0 Å². The predicted octanol–water partition coefficient (Wildman–Crippen LogP) is 2.30. The van der Waals surface area contributed by atoms with E-state index in [1.165, 1.54) is 11.7 Å². The van der Waals surface area contributed by atoms with Crippen LogP contribution in [0.3, 0.4) is 0 Å². The fourth-order valence-corrected chi connectivity index (χ4v) is 3.69. The van der Waals surface area contributed by atoms with Gasteiger partial charge < -0.3 is 14.1 Å². The molecule has 2 heterocycles. The Morgan fingerprint density at radius 3 is 2.76 bits per heavy atom. The van der Waals surface area contributed by atoms with Gasteiger partial charge in [-0.2, -0.15) is 0 Å². The summed E-state index contributed by atoms with van der Waals surface area (Å²) in [7, 11) is 2.98. The molecule has 0 atom stereocenters. The lowest BCUT2D eigenvalue weighted by Gasteiger charge is -2.16. The summed E-state index contributed by atoms with van der Waals surface area (Å²) in [6, 6.07) is 10.6. The molecule has 9 heteroatoms. The molecule has 0 fully saturated rings. The maximum absolute atomic E-state index is 12.9. The Morgan fingerprint density at radius 2 is 2.03 bits per heavy atom. The van der Waals surface area contributed by atoms with E-state index in [-0.39, 0.29) is 30.2 Å². The van der Waals surface area contributed by atoms with Gasteiger partial charge in [-0.3, -0.25) is 19.0 Å². The molecule has 3 aromatic rings. The number of nitrogens with zero attached hydrogens (tertiary/aromatic N) is 3. The van der Waals surface area contributed by atoms with Crippen LogP contribution < -0.4 is 5.56 Å². The third-order valence-electron chi connectivity index (χ3n) is 4.32. The van der Waals surface area contributed by atoms with Gasteiger partial charge in [0.2, 0.25) is 5.91 Å². The van der Waals surface area contributed by atoms with Gasteiger partial charge in [-0.1, -0.05) is 23.9 Å². The van der Waals surface area contributed by atoms with Gasteiger partial charge in [0, 0.05) is 13.6 Å². The minimum atomic E-state index is -0.421. The molecule has 0 saturated heterocycles. The van der Waals surface area contributed by atoms with Crippen molar-refractivity contribution in [1.82, 2.24) is 14.5 Å². The summed E-state index contributed by atoms with van der Waals surface area (Å²) in [5.74, 6) is 0.230. The second kappa shape index (κ2) is 9.42. The normalized spacial score (nSPS) is 10.8. The van der Waals surface area contributed by atoms with Gasteiger partial charge in [0.1, 0.15) is 5.76 Å². The molecule has 2 aromatic heterocycles. The van der Waals surface area contributed by atoms with E-state index in [4.69, 9.17) is 4.42 Å². The highest BCUT2D eigenvalue weighted by Crippen LogP contribution is 2.19. The van der Waals surface area contributed by atoms with Crippen LogP contribution in [-0.2, 0) is 27.4 Å². The standard InChI is InChI=1S/C20H21N3O5S/c1-22(12-14-6-5-11-28-14)17(24)13-29-20-21-16-8-4-3-7-15(16)19(26)23(20)10-9-18(25)27-2/h3-8,11H,9-10,12-13H2,1-2H3. The maximum atomic E-state index is 12.9. The number of ether oxygens (including phenoxy) is 1. The third kappa shape index (κ3) is 5.05. The molecule has 0 aliphatic rings. The highest BCUT2D eigenvalue weighted by atomic mass is 32.2. The SMILES string of the molecule is COC(=O)CCn1c(SCC(=O)N(C)Cc2ccco2)nc2ccccc2c1=O. The van der Waals surface area contributed by atoms with Crippen molar-refractivity contribution in [2.24, 2.45) is 0 Å². The van der Waals surface area contributed by atoms with Crippen LogP contribution in [0.5, 0.6) is 0 Å². The number of rotatable bonds is 8. The monoisotopic (exact) mass is 415 g/mol. The van der Waals surface area contributed by atoms with Crippen molar-refractivity contribution in [2.45, 2.75) is 24.7 Å². The van der Waals surface area contributed by atoms with Crippen molar-refractivity contribution < 1.29 is 18.7 Å². The van der Waals surface area contributed by atoms with Crippen molar-refractivity contribution in [1.29, 1.82) is 0 Å². The summed E-state index contributed by atoms with van der Waals surface area (Å²) in [5.41, 5.74) is 0.295. The molecular formula is C20H21N3O5S. The number of carbonyl (C=O) groups is 2. The molecule has 1 amide bonds. The van der Waals surface area contributed by atoms with Crippen LogP contribution in [0.15, 0.2) is 57.0 Å². The summed E-state index contributed by atoms with van der Waals surface area (Å²) >= 11 is 1.16. The number of methoxy groups -OCH3 is 1. The molecule has 0 saturated carbocycles. The minimum Gasteiger partial charge on any atom is -0.469 e. The number of hydrogen-bond acceptors (Lipinski definition) is 7. The first-order chi connectivity index (χ1) is 14.0. The van der Waals surface area contributed by atoms with Gasteiger partial charge >= 0.3 is 5.97 Å². The number of furan rings is 1. The molecule has 0 spiro atoms. The molecule has 0 unspecified atom stereocenters. The van der Waals surface area contributed by atoms with E-state index in [0.717, 1.165) is 11.8 Å². The first kappa shape index (κ1) is 20.7. The number of hydrogen-bond donors (Lipinski definition) is 0. The van der Waals surface area contributed by atoms with Crippen LogP contribution in [-0.4, -0.2) is 46.2 Å². The Bertz CT molecular complexity index is 1060. The van der Waals surface area contributed by atoms with Gasteiger partial charge in [-0.05, 0) is 24.3 Å². The highest BCUT2D eigenvalue weighted by Gasteiger charge is 2.16. The molecule has 0 radical (unpaired) electrons. The molecule has 0 aliphatic heterocycles. The number of para-hydroxylation sites is 1. The molecule has 1 aromatic carbocycles. The lowest BCUT2D eigenvalue weighted by Crippen LogP contribution is -2.29. The molecule has 3 rings (SSSR count). The molecule has 0 bridgehead atoms. The summed E-state index contributed by atoms with van der Waals surface area (Å²) in [6.07, 6.45) is 1.59. The van der Waals surface area contributed by atoms with Crippen LogP contribution in [0.2, 0.25) is 0 Å². The van der Waals surface area contributed by atoms with Crippen LogP contribution in [0.25, 0.3) is 10.9 Å². The van der Waals surface area contributed by atoms with Gasteiger partial charge in [0.25, 0.3) is 5.56 Å². The molecule has 0 aliphatic carbocycles. The molecule has 8 nitrogen and oxygen atoms in total. The first-order valence-corrected chi connectivity index (χ1v) is 9.93. The molecule has 29 heavy (non-hydrogen) atoms. The van der Waals surface area contributed by atoms with Gasteiger partial charge in [-0.25, -0.2) is 4.98 Å². The maximum Gasteiger partial charge on any atom is 0.307 e. The summed E-state index contributed by atoms with van der Waals surface area (Å²) in [5, 5.41) is 0.848. The third-order valence-corrected chi connectivity index (χ3v) is 5.28. The quantitative estimate of drug-likeness (QED) is 0.316. The summed E-state index contributed by atoms with van der Waals surface area (Å²) in [4.78, 5) is 43.0. The fourth-order valence-electron chi connectivity index (χ4n) is 2.72. The topological polar surface area (TPSA) is 94.6 Å². The van der Waals surface area contributed by atoms with Crippen molar-refractivity contribution >= 4 is 34.5 Å². The fraction of sp³-hybridized carbons (Fsp3) is 0.300. The van der Waals surface area contributed by atoms with E-state index < -0.39 is 5.97 Å². The highest BCUT2D eigenvalue weighted by molar-refractivity contribution is 7.99. The second-order valence-electron chi connectivity index (χ2n) is 6.31. The Hall–Kier alpha value is -3.07. The number of benzene rings is 1. The Kier molecular flexibility index (Phi) is 6.71. The number of thioether (sulfide) groups is 1. The zero-order valence-corrected chi connectivity index (χ0v) is 17.0. The van der Waals surface area contributed by atoms with Gasteiger partial charge in [-0.15, -0.1) is 0 Å². The van der Waals surface area contributed by atoms with Crippen molar-refractivity contribution in [3.05, 3.63) is 58.8 Å². The first-order valence-electron chi connectivity index (χ1n) is 8.95. The number of aromatic nitrogens is 2. The Balaban J connectivity index is 1.80. The summed E-state index contributed by atoms with van der Waals surface area (Å²) < 4.78 is 11.4. The van der Waals surface area contributed by atoms with Crippen LogP contribution in [0.1, 0.15) is 12.2 Å². The number of carbonyl (C=O) groups excluding carboxylic acids is 2. The van der Waals surface area contributed by atoms with Gasteiger partial charge in [0.05, 0.1) is 43.0 Å². The van der Waals surface area contributed by atoms with E-state index in [9.17, 15) is 14.4 Å². The average molecular weight is 415 g/mol. The summed E-state index contributed by atoms with van der Waals surface area (Å²) in [6.45, 7) is 0.481. The molecule has 152 valence electrons. The van der Waals surface area contributed by atoms with Crippen LogP contribution >= 0.6 is 11.8 Å². The van der Waals surface area contributed by atoms with Gasteiger partial charge in [0.15, 0.2) is 5.16 Å². The van der Waals surface area contributed by atoms with E-state index >= 15 is 0 Å². The van der Waals surface area contributed by atoms with E-state index in [2.05, 4.69) is 9.72 Å². The van der Waals surface area contributed by atoms with Crippen LogP contribution in [0.4, 0.5) is 0 Å². The van der Waals surface area contributed by atoms with E-state index in [0.29, 0.717) is 28.4 Å². The van der Waals surface area contributed by atoms with Crippen LogP contribution in [0, 0.1) is 0 Å². The van der Waals surface area contributed by atoms with E-state index in [1.54, 1.807) is 54.6 Å². The molecular weight excluding hydrogens is 394 g/mol. The van der Waals surface area contributed by atoms with Crippen molar-refractivity contribution in [3.63, 3.8) is 0 Å². The zero-order valence-electron chi connectivity index (χ0n) is 16.2. The average Bonchev–Trinajstić information content (AvgIpc) is 3.24. The van der Waals surface area contributed by atoms with Crippen molar-refractivity contribution in [2.75, 3.05) is 19.9 Å². The Labute approximate surface area is 171 Å². The number of fused-ring (bicyclic) bond motifs is 1. The molecule has 0 N–H and O–H groups in total. The smallest absolute Gasteiger partial charge is 0.307 e. The predicted molar refractivity (Wildman–Crippen MR) is 109 cm³/mol. The number of esters is 1. The lowest BCUT2D eigenvalue weighted by atomic mass is 10.2.